The van der Waals surface area contributed by atoms with Crippen LogP contribution in [0.3, 0.4) is 0 Å². The first kappa shape index (κ1) is 24.6. The molecule has 194 valence electrons. The van der Waals surface area contributed by atoms with Crippen LogP contribution >= 0.6 is 12.2 Å². The summed E-state index contributed by atoms with van der Waals surface area (Å²) >= 11 is 5.82. The van der Waals surface area contributed by atoms with Crippen molar-refractivity contribution in [2.45, 2.75) is 56.7 Å². The third kappa shape index (κ3) is 5.03. The lowest BCUT2D eigenvalue weighted by atomic mass is 9.95. The minimum Gasteiger partial charge on any atom is -0.352 e. The largest absolute Gasteiger partial charge is 0.352 e. The number of thiocarbonyl (C=S) groups is 1. The van der Waals surface area contributed by atoms with E-state index < -0.39 is 0 Å². The molecule has 0 bridgehead atoms. The molecule has 0 unspecified atom stereocenters. The van der Waals surface area contributed by atoms with Gasteiger partial charge >= 0.3 is 0 Å². The number of aromatic nitrogens is 2. The van der Waals surface area contributed by atoms with Gasteiger partial charge in [-0.25, -0.2) is 0 Å². The molecule has 0 spiro atoms. The lowest BCUT2D eigenvalue weighted by Crippen LogP contribution is -2.32. The van der Waals surface area contributed by atoms with Crippen molar-refractivity contribution in [1.29, 1.82) is 0 Å². The molecule has 6 rings (SSSR count). The van der Waals surface area contributed by atoms with Crippen LogP contribution in [-0.2, 0) is 4.79 Å². The summed E-state index contributed by atoms with van der Waals surface area (Å²) in [6, 6.07) is 22.7. The van der Waals surface area contributed by atoms with E-state index in [0.717, 1.165) is 22.2 Å². The van der Waals surface area contributed by atoms with Gasteiger partial charge in [-0.15, -0.1) is 0 Å². The van der Waals surface area contributed by atoms with Crippen LogP contribution in [0.4, 0.5) is 5.69 Å². The fourth-order valence-corrected chi connectivity index (χ4v) is 6.32. The maximum atomic E-state index is 13.1. The topological polar surface area (TPSA) is 62.2 Å². The van der Waals surface area contributed by atoms with Gasteiger partial charge in [-0.3, -0.25) is 9.78 Å². The Hall–Kier alpha value is -3.71. The zero-order chi connectivity index (χ0) is 25.9. The third-order valence-electron chi connectivity index (χ3n) is 7.92. The molecule has 2 aromatic heterocycles. The van der Waals surface area contributed by atoms with E-state index in [0.29, 0.717) is 24.1 Å². The Bertz CT molecular complexity index is 1420. The van der Waals surface area contributed by atoms with Gasteiger partial charge < -0.3 is 20.1 Å². The van der Waals surface area contributed by atoms with Gasteiger partial charge in [0, 0.05) is 48.7 Å². The molecular weight excluding hydrogens is 490 g/mol. The summed E-state index contributed by atoms with van der Waals surface area (Å²) in [4.78, 5) is 19.9. The monoisotopic (exact) mass is 523 g/mol. The quantitative estimate of drug-likeness (QED) is 0.269. The van der Waals surface area contributed by atoms with E-state index in [1.54, 1.807) is 0 Å². The average molecular weight is 524 g/mol. The molecule has 2 fully saturated rings. The summed E-state index contributed by atoms with van der Waals surface area (Å²) in [5, 5.41) is 9.44. The molecule has 1 saturated carbocycles. The Morgan fingerprint density at radius 2 is 1.82 bits per heavy atom. The molecule has 2 N–H and O–H groups in total. The molecule has 0 radical (unpaired) electrons. The minimum atomic E-state index is -0.0768. The number of nitrogens with zero attached hydrogens (tertiary/aromatic N) is 3. The first-order valence-corrected chi connectivity index (χ1v) is 14.0. The highest BCUT2D eigenvalue weighted by Crippen LogP contribution is 2.40. The highest BCUT2D eigenvalue weighted by atomic mass is 32.1. The number of fused-ring (bicyclic) bond motifs is 1. The number of anilines is 1. The van der Waals surface area contributed by atoms with Crippen LogP contribution in [0.2, 0.25) is 0 Å². The SMILES string of the molecule is O=C(CCN1C(=S)N[C@H](c2ccccn2)[C@@H]1c1ccn(C2CCCCC2)c1)Nc1cccc2ccccc12. The predicted octanol–water partition coefficient (Wildman–Crippen LogP) is 6.54. The number of carbonyl (C=O) groups excluding carboxylic acids is 1. The summed E-state index contributed by atoms with van der Waals surface area (Å²) in [5.74, 6) is -0.0241. The van der Waals surface area contributed by atoms with Crippen LogP contribution < -0.4 is 10.6 Å². The van der Waals surface area contributed by atoms with Crippen molar-refractivity contribution in [1.82, 2.24) is 19.8 Å². The van der Waals surface area contributed by atoms with Gasteiger partial charge in [0.25, 0.3) is 0 Å². The maximum absolute atomic E-state index is 13.1. The molecule has 2 aliphatic rings. The number of nitrogens with one attached hydrogen (secondary N) is 2. The predicted molar refractivity (Wildman–Crippen MR) is 156 cm³/mol. The maximum Gasteiger partial charge on any atom is 0.226 e. The lowest BCUT2D eigenvalue weighted by molar-refractivity contribution is -0.116. The molecule has 1 amide bonds. The smallest absolute Gasteiger partial charge is 0.226 e. The molecule has 3 heterocycles. The van der Waals surface area contributed by atoms with Gasteiger partial charge in [0.05, 0.1) is 17.8 Å². The summed E-state index contributed by atoms with van der Waals surface area (Å²) in [7, 11) is 0. The second-order valence-electron chi connectivity index (χ2n) is 10.3. The second kappa shape index (κ2) is 11.0. The summed E-state index contributed by atoms with van der Waals surface area (Å²) < 4.78 is 2.39. The van der Waals surface area contributed by atoms with Gasteiger partial charge in [0.1, 0.15) is 0 Å². The lowest BCUT2D eigenvalue weighted by Gasteiger charge is -2.27. The van der Waals surface area contributed by atoms with Gasteiger partial charge in [0.2, 0.25) is 5.91 Å². The normalized spacial score (nSPS) is 20.0. The minimum absolute atomic E-state index is 0.0241. The van der Waals surface area contributed by atoms with Crippen molar-refractivity contribution >= 4 is 39.7 Å². The average Bonchev–Trinajstić information content (AvgIpc) is 3.57. The molecule has 7 heteroatoms. The van der Waals surface area contributed by atoms with E-state index in [1.807, 2.05) is 54.7 Å². The first-order chi connectivity index (χ1) is 18.7. The molecule has 2 aromatic carbocycles. The molecule has 1 saturated heterocycles. The molecular formula is C31H33N5OS. The first-order valence-electron chi connectivity index (χ1n) is 13.6. The van der Waals surface area contributed by atoms with Crippen LogP contribution in [0.5, 0.6) is 0 Å². The highest BCUT2D eigenvalue weighted by molar-refractivity contribution is 7.80. The zero-order valence-corrected chi connectivity index (χ0v) is 22.2. The Morgan fingerprint density at radius 3 is 2.66 bits per heavy atom. The standard InChI is InChI=1S/C31H33N5OS/c37-28(33-26-15-8-10-22-9-4-5-13-25(22)26)17-20-36-30(29(34-31(36)38)27-14-6-7-18-32-27)23-16-19-35(21-23)24-11-2-1-3-12-24/h4-10,13-16,18-19,21,24,29-30H,1-3,11-12,17,20H2,(H,33,37)(H,34,38)/t29-,30+/m1/s1. The van der Waals surface area contributed by atoms with Crippen LogP contribution in [0.1, 0.15) is 67.9 Å². The van der Waals surface area contributed by atoms with Gasteiger partial charge in [-0.2, -0.15) is 0 Å². The number of rotatable bonds is 7. The van der Waals surface area contributed by atoms with Gasteiger partial charge in [-0.05, 0) is 60.3 Å². The van der Waals surface area contributed by atoms with Crippen molar-refractivity contribution in [3.05, 3.63) is 96.6 Å². The number of hydrogen-bond donors (Lipinski definition) is 2. The van der Waals surface area contributed by atoms with E-state index in [4.69, 9.17) is 12.2 Å². The Balaban J connectivity index is 1.22. The molecule has 4 aromatic rings. The number of pyridine rings is 1. The molecule has 1 aliphatic carbocycles. The third-order valence-corrected chi connectivity index (χ3v) is 8.27. The Labute approximate surface area is 229 Å². The van der Waals surface area contributed by atoms with Gasteiger partial charge in [-0.1, -0.05) is 61.7 Å². The summed E-state index contributed by atoms with van der Waals surface area (Å²) in [6.45, 7) is 0.519. The summed E-state index contributed by atoms with van der Waals surface area (Å²) in [6.07, 6.45) is 13.0. The van der Waals surface area contributed by atoms with E-state index in [-0.39, 0.29) is 18.0 Å². The highest BCUT2D eigenvalue weighted by Gasteiger charge is 2.40. The number of carbonyl (C=O) groups is 1. The van der Waals surface area contributed by atoms with E-state index in [9.17, 15) is 4.79 Å². The zero-order valence-electron chi connectivity index (χ0n) is 21.4. The van der Waals surface area contributed by atoms with Crippen molar-refractivity contribution < 1.29 is 4.79 Å². The Morgan fingerprint density at radius 1 is 1.00 bits per heavy atom. The van der Waals surface area contributed by atoms with Crippen molar-refractivity contribution in [2.24, 2.45) is 0 Å². The van der Waals surface area contributed by atoms with E-state index in [1.165, 1.54) is 37.7 Å². The Kier molecular flexibility index (Phi) is 7.10. The molecule has 38 heavy (non-hydrogen) atoms. The number of benzene rings is 2. The fraction of sp³-hybridized carbons (Fsp3) is 0.323. The van der Waals surface area contributed by atoms with Crippen molar-refractivity contribution in [3.63, 3.8) is 0 Å². The van der Waals surface area contributed by atoms with Crippen LogP contribution in [0.25, 0.3) is 10.8 Å². The molecule has 2 atom stereocenters. The molecule has 1 aliphatic heterocycles. The van der Waals surface area contributed by atoms with Gasteiger partial charge in [0.15, 0.2) is 5.11 Å². The van der Waals surface area contributed by atoms with Crippen LogP contribution in [-0.4, -0.2) is 32.0 Å². The summed E-state index contributed by atoms with van der Waals surface area (Å²) in [5.41, 5.74) is 2.99. The van der Waals surface area contributed by atoms with Crippen molar-refractivity contribution in [2.75, 3.05) is 11.9 Å². The second-order valence-corrected chi connectivity index (χ2v) is 10.7. The van der Waals surface area contributed by atoms with E-state index in [2.05, 4.69) is 55.7 Å². The number of hydrogen-bond acceptors (Lipinski definition) is 3. The number of amides is 1. The van der Waals surface area contributed by atoms with Crippen molar-refractivity contribution in [3.8, 4) is 0 Å². The fourth-order valence-electron chi connectivity index (χ4n) is 5.99. The van der Waals surface area contributed by atoms with E-state index >= 15 is 0 Å². The van der Waals surface area contributed by atoms with Crippen LogP contribution in [0, 0.1) is 0 Å². The molecule has 6 nitrogen and oxygen atoms in total. The van der Waals surface area contributed by atoms with Crippen LogP contribution in [0.15, 0.2) is 85.3 Å².